The smallest absolute Gasteiger partial charge is 0.334 e. The lowest BCUT2D eigenvalue weighted by Gasteiger charge is -2.13. The number of amides is 1. The average Bonchev–Trinajstić information content (AvgIpc) is 2.16. The molecule has 82 valence electrons. The summed E-state index contributed by atoms with van der Waals surface area (Å²) in [6.07, 6.45) is -0.515. The molecule has 0 aromatic heterocycles. The van der Waals surface area contributed by atoms with Gasteiger partial charge in [-0.25, -0.2) is 4.79 Å². The lowest BCUT2D eigenvalue weighted by Crippen LogP contribution is -2.45. The number of rotatable bonds is 6. The van der Waals surface area contributed by atoms with Crippen LogP contribution in [0.2, 0.25) is 0 Å². The van der Waals surface area contributed by atoms with Crippen molar-refractivity contribution in [2.24, 2.45) is 5.73 Å². The summed E-state index contributed by atoms with van der Waals surface area (Å²) in [5.41, 5.74) is 5.42. The summed E-state index contributed by atoms with van der Waals surface area (Å²) in [6, 6.07) is -0.596. The molecule has 2 atom stereocenters. The fraction of sp³-hybridized carbons (Fsp3) is 0.750. The Morgan fingerprint density at radius 1 is 1.57 bits per heavy atom. The monoisotopic (exact) mass is 204 g/mol. The molecule has 0 saturated heterocycles. The quantitative estimate of drug-likeness (QED) is 0.512. The Labute approximate surface area is 82.4 Å². The van der Waals surface area contributed by atoms with Crippen LogP contribution in [0.4, 0.5) is 0 Å². The van der Waals surface area contributed by atoms with Gasteiger partial charge in [0.15, 0.2) is 6.10 Å². The van der Waals surface area contributed by atoms with Crippen molar-refractivity contribution in [1.82, 2.24) is 5.32 Å². The Kier molecular flexibility index (Phi) is 5.82. The van der Waals surface area contributed by atoms with E-state index in [1.165, 1.54) is 7.11 Å². The fourth-order valence-corrected chi connectivity index (χ4v) is 0.781. The van der Waals surface area contributed by atoms with Crippen molar-refractivity contribution in [2.45, 2.75) is 25.5 Å². The van der Waals surface area contributed by atoms with Crippen molar-refractivity contribution in [2.75, 3.05) is 13.7 Å². The van der Waals surface area contributed by atoms with Gasteiger partial charge >= 0.3 is 5.97 Å². The van der Waals surface area contributed by atoms with E-state index < -0.39 is 18.1 Å². The number of carbonyl (C=O) groups is 2. The van der Waals surface area contributed by atoms with Gasteiger partial charge in [-0.2, -0.15) is 0 Å². The van der Waals surface area contributed by atoms with Crippen LogP contribution in [0.5, 0.6) is 0 Å². The predicted molar refractivity (Wildman–Crippen MR) is 49.7 cm³/mol. The Hall–Kier alpha value is -1.14. The molecule has 6 nitrogen and oxygen atoms in total. The van der Waals surface area contributed by atoms with Crippen LogP contribution in [0.3, 0.4) is 0 Å². The van der Waals surface area contributed by atoms with Crippen molar-refractivity contribution in [3.8, 4) is 0 Å². The third-order valence-electron chi connectivity index (χ3n) is 1.80. The minimum atomic E-state index is -1.11. The van der Waals surface area contributed by atoms with E-state index in [1.807, 2.05) is 0 Å². The van der Waals surface area contributed by atoms with Gasteiger partial charge in [0.1, 0.15) is 0 Å². The van der Waals surface area contributed by atoms with Crippen molar-refractivity contribution in [3.63, 3.8) is 0 Å². The molecule has 0 heterocycles. The first kappa shape index (κ1) is 12.9. The van der Waals surface area contributed by atoms with Crippen LogP contribution in [0.1, 0.15) is 13.3 Å². The van der Waals surface area contributed by atoms with E-state index in [1.54, 1.807) is 6.92 Å². The van der Waals surface area contributed by atoms with Crippen LogP contribution in [-0.4, -0.2) is 42.8 Å². The molecular weight excluding hydrogens is 188 g/mol. The van der Waals surface area contributed by atoms with E-state index in [0.717, 1.165) is 0 Å². The van der Waals surface area contributed by atoms with Crippen molar-refractivity contribution < 1.29 is 19.4 Å². The summed E-state index contributed by atoms with van der Waals surface area (Å²) in [4.78, 5) is 21.6. The van der Waals surface area contributed by atoms with Crippen LogP contribution in [-0.2, 0) is 14.3 Å². The van der Waals surface area contributed by atoms with Gasteiger partial charge in [-0.1, -0.05) is 6.92 Å². The van der Waals surface area contributed by atoms with Gasteiger partial charge in [0.25, 0.3) is 0 Å². The molecule has 0 aromatic rings. The van der Waals surface area contributed by atoms with Gasteiger partial charge < -0.3 is 20.9 Å². The average molecular weight is 204 g/mol. The van der Waals surface area contributed by atoms with Crippen LogP contribution >= 0.6 is 0 Å². The maximum atomic E-state index is 11.1. The second-order valence-corrected chi connectivity index (χ2v) is 2.82. The number of hydrogen-bond donors (Lipinski definition) is 3. The second-order valence-electron chi connectivity index (χ2n) is 2.82. The molecule has 2 unspecified atom stereocenters. The number of nitrogens with one attached hydrogen (secondary N) is 1. The second kappa shape index (κ2) is 6.33. The minimum Gasteiger partial charge on any atom is -0.479 e. The lowest BCUT2D eigenvalue weighted by atomic mass is 10.2. The highest BCUT2D eigenvalue weighted by atomic mass is 16.5. The van der Waals surface area contributed by atoms with E-state index in [4.69, 9.17) is 10.8 Å². The van der Waals surface area contributed by atoms with E-state index >= 15 is 0 Å². The van der Waals surface area contributed by atoms with Gasteiger partial charge in [0.05, 0.1) is 12.6 Å². The van der Waals surface area contributed by atoms with E-state index in [9.17, 15) is 9.59 Å². The van der Waals surface area contributed by atoms with Crippen LogP contribution in [0.15, 0.2) is 0 Å². The lowest BCUT2D eigenvalue weighted by molar-refractivity contribution is -0.148. The molecular formula is C8H16N2O4. The summed E-state index contributed by atoms with van der Waals surface area (Å²) in [6.45, 7) is 1.70. The Morgan fingerprint density at radius 3 is 2.50 bits per heavy atom. The molecule has 0 aliphatic carbocycles. The molecule has 0 rings (SSSR count). The minimum absolute atomic E-state index is 0.0711. The van der Waals surface area contributed by atoms with Crippen molar-refractivity contribution >= 4 is 11.9 Å². The van der Waals surface area contributed by atoms with Crippen molar-refractivity contribution in [1.29, 1.82) is 0 Å². The Morgan fingerprint density at radius 2 is 2.14 bits per heavy atom. The first-order valence-corrected chi connectivity index (χ1v) is 4.31. The highest BCUT2D eigenvalue weighted by Gasteiger charge is 2.18. The zero-order chi connectivity index (χ0) is 11.1. The van der Waals surface area contributed by atoms with E-state index in [-0.39, 0.29) is 12.5 Å². The molecule has 0 aliphatic rings. The number of methoxy groups -OCH3 is 1. The molecule has 0 aliphatic heterocycles. The molecule has 14 heavy (non-hydrogen) atoms. The highest BCUT2D eigenvalue weighted by molar-refractivity contribution is 5.82. The number of ether oxygens (including phenoxy) is 1. The number of nitrogens with two attached hydrogens (primary N) is 1. The Balaban J connectivity index is 3.91. The summed E-state index contributed by atoms with van der Waals surface area (Å²) >= 11 is 0. The molecule has 0 spiro atoms. The summed E-state index contributed by atoms with van der Waals surface area (Å²) in [5.74, 6) is -1.48. The molecule has 0 saturated carbocycles. The van der Waals surface area contributed by atoms with Gasteiger partial charge in [0, 0.05) is 7.11 Å². The van der Waals surface area contributed by atoms with Crippen LogP contribution in [0, 0.1) is 0 Å². The maximum absolute atomic E-state index is 11.1. The van der Waals surface area contributed by atoms with E-state index in [0.29, 0.717) is 6.42 Å². The first-order chi connectivity index (χ1) is 6.52. The molecule has 6 heteroatoms. The maximum Gasteiger partial charge on any atom is 0.334 e. The number of carboxylic acid groups (broad SMARTS) is 1. The molecule has 1 amide bonds. The van der Waals surface area contributed by atoms with Crippen molar-refractivity contribution in [3.05, 3.63) is 0 Å². The molecule has 0 radical (unpaired) electrons. The number of carbonyl (C=O) groups excluding carboxylic acids is 1. The summed E-state index contributed by atoms with van der Waals surface area (Å²) in [7, 11) is 1.27. The fourth-order valence-electron chi connectivity index (χ4n) is 0.781. The number of carboxylic acids is 1. The van der Waals surface area contributed by atoms with E-state index in [2.05, 4.69) is 10.1 Å². The molecule has 0 aromatic carbocycles. The number of aliphatic carboxylic acids is 1. The topological polar surface area (TPSA) is 102 Å². The number of hydrogen-bond acceptors (Lipinski definition) is 4. The summed E-state index contributed by atoms with van der Waals surface area (Å²) < 4.78 is 4.62. The van der Waals surface area contributed by atoms with Crippen LogP contribution in [0.25, 0.3) is 0 Å². The Bertz CT molecular complexity index is 208. The zero-order valence-electron chi connectivity index (χ0n) is 8.32. The van der Waals surface area contributed by atoms with Crippen LogP contribution < -0.4 is 11.1 Å². The van der Waals surface area contributed by atoms with Gasteiger partial charge in [-0.3, -0.25) is 4.79 Å². The van der Waals surface area contributed by atoms with Gasteiger partial charge in [0.2, 0.25) is 5.91 Å². The third-order valence-corrected chi connectivity index (χ3v) is 1.80. The molecule has 0 bridgehead atoms. The standard InChI is InChI=1S/C8H16N2O4/c1-3-5(9)7(11)10-4-6(14-2)8(12)13/h5-6H,3-4,9H2,1-2H3,(H,10,11)(H,12,13). The largest absolute Gasteiger partial charge is 0.479 e. The zero-order valence-corrected chi connectivity index (χ0v) is 8.32. The summed E-state index contributed by atoms with van der Waals surface area (Å²) in [5, 5.41) is 11.0. The van der Waals surface area contributed by atoms with Gasteiger partial charge in [-0.05, 0) is 6.42 Å². The van der Waals surface area contributed by atoms with Gasteiger partial charge in [-0.15, -0.1) is 0 Å². The molecule has 4 N–H and O–H groups in total. The predicted octanol–water partition coefficient (Wildman–Crippen LogP) is -1.06. The SMILES string of the molecule is CCC(N)C(=O)NCC(OC)C(=O)O. The first-order valence-electron chi connectivity index (χ1n) is 4.31. The third kappa shape index (κ3) is 4.20. The normalized spacial score (nSPS) is 14.5. The highest BCUT2D eigenvalue weighted by Crippen LogP contribution is 1.90. The molecule has 0 fully saturated rings.